The van der Waals surface area contributed by atoms with Crippen LogP contribution in [0.2, 0.25) is 0 Å². The highest BCUT2D eigenvalue weighted by Gasteiger charge is 2.36. The number of carbonyl (C=O) groups is 3. The zero-order valence-electron chi connectivity index (χ0n) is 18.0. The molecule has 3 amide bonds. The Hall–Kier alpha value is -3.66. The lowest BCUT2D eigenvalue weighted by Crippen LogP contribution is -2.36. The first-order chi connectivity index (χ1) is 15.4. The number of imide groups is 1. The molecule has 10 heteroatoms. The molecule has 1 fully saturated rings. The van der Waals surface area contributed by atoms with E-state index in [1.807, 2.05) is 0 Å². The van der Waals surface area contributed by atoms with Crippen LogP contribution in [0.5, 0.6) is 23.0 Å². The van der Waals surface area contributed by atoms with Gasteiger partial charge in [-0.05, 0) is 54.2 Å². The zero-order chi connectivity index (χ0) is 23.3. The van der Waals surface area contributed by atoms with Gasteiger partial charge in [0.1, 0.15) is 12.3 Å². The molecule has 2 aromatic carbocycles. The predicted octanol–water partition coefficient (Wildman–Crippen LogP) is 3.40. The summed E-state index contributed by atoms with van der Waals surface area (Å²) in [6.45, 7) is -0.406. The minimum absolute atomic E-state index is 0.165. The van der Waals surface area contributed by atoms with Crippen molar-refractivity contribution in [3.05, 3.63) is 46.9 Å². The monoisotopic (exact) mass is 458 g/mol. The van der Waals surface area contributed by atoms with Crippen molar-refractivity contribution in [2.45, 2.75) is 0 Å². The van der Waals surface area contributed by atoms with E-state index in [1.54, 1.807) is 43.5 Å². The number of carbonyl (C=O) groups excluding carboxylic acids is 3. The van der Waals surface area contributed by atoms with Crippen LogP contribution in [0.1, 0.15) is 5.56 Å². The summed E-state index contributed by atoms with van der Waals surface area (Å²) in [6.07, 6.45) is 1.52. The van der Waals surface area contributed by atoms with Crippen molar-refractivity contribution in [1.29, 1.82) is 0 Å². The van der Waals surface area contributed by atoms with Gasteiger partial charge in [-0.3, -0.25) is 19.3 Å². The van der Waals surface area contributed by atoms with Crippen LogP contribution in [-0.4, -0.2) is 56.9 Å². The lowest BCUT2D eigenvalue weighted by atomic mass is 10.1. The normalized spacial score (nSPS) is 14.5. The number of rotatable bonds is 8. The second-order valence-electron chi connectivity index (χ2n) is 6.47. The topological polar surface area (TPSA) is 103 Å². The maximum Gasteiger partial charge on any atom is 0.294 e. The number of nitrogens with one attached hydrogen (secondary N) is 1. The number of methoxy groups -OCH3 is 4. The summed E-state index contributed by atoms with van der Waals surface area (Å²) in [5.74, 6) is 0.761. The third-order valence-corrected chi connectivity index (χ3v) is 5.48. The Bertz CT molecular complexity index is 1070. The average Bonchev–Trinajstić information content (AvgIpc) is 3.06. The molecule has 1 aliphatic heterocycles. The number of nitrogens with zero attached hydrogens (tertiary/aromatic N) is 1. The Morgan fingerprint density at radius 3 is 2.22 bits per heavy atom. The van der Waals surface area contributed by atoms with Gasteiger partial charge in [0, 0.05) is 11.3 Å². The second-order valence-corrected chi connectivity index (χ2v) is 7.46. The molecule has 0 atom stereocenters. The number of thioether (sulfide) groups is 1. The van der Waals surface area contributed by atoms with Crippen LogP contribution >= 0.6 is 11.8 Å². The molecule has 1 aliphatic rings. The summed E-state index contributed by atoms with van der Waals surface area (Å²) < 4.78 is 21.1. The largest absolute Gasteiger partial charge is 0.497 e. The second kappa shape index (κ2) is 10.1. The van der Waals surface area contributed by atoms with Crippen molar-refractivity contribution in [2.75, 3.05) is 40.3 Å². The van der Waals surface area contributed by atoms with Gasteiger partial charge in [-0.15, -0.1) is 0 Å². The third kappa shape index (κ3) is 4.80. The smallest absolute Gasteiger partial charge is 0.294 e. The van der Waals surface area contributed by atoms with Crippen LogP contribution in [0.25, 0.3) is 6.08 Å². The minimum atomic E-state index is -0.568. The summed E-state index contributed by atoms with van der Waals surface area (Å²) in [6, 6.07) is 10.1. The molecule has 32 heavy (non-hydrogen) atoms. The van der Waals surface area contributed by atoms with E-state index in [0.29, 0.717) is 34.2 Å². The van der Waals surface area contributed by atoms with Crippen molar-refractivity contribution in [1.82, 2.24) is 4.90 Å². The van der Waals surface area contributed by atoms with Crippen molar-refractivity contribution < 1.29 is 33.3 Å². The van der Waals surface area contributed by atoms with Crippen LogP contribution < -0.4 is 24.3 Å². The summed E-state index contributed by atoms with van der Waals surface area (Å²) in [7, 11) is 5.97. The molecule has 1 heterocycles. The molecule has 1 N–H and O–H groups in total. The lowest BCUT2D eigenvalue weighted by Gasteiger charge is -2.14. The molecule has 168 valence electrons. The Morgan fingerprint density at radius 1 is 0.938 bits per heavy atom. The van der Waals surface area contributed by atoms with E-state index in [0.717, 1.165) is 16.7 Å². The van der Waals surface area contributed by atoms with Gasteiger partial charge in [0.25, 0.3) is 11.1 Å². The highest BCUT2D eigenvalue weighted by Crippen LogP contribution is 2.42. The highest BCUT2D eigenvalue weighted by atomic mass is 32.2. The third-order valence-electron chi connectivity index (χ3n) is 4.57. The quantitative estimate of drug-likeness (QED) is 0.601. The number of hydrogen-bond acceptors (Lipinski definition) is 8. The Balaban J connectivity index is 1.77. The number of hydrogen-bond donors (Lipinski definition) is 1. The summed E-state index contributed by atoms with van der Waals surface area (Å²) >= 11 is 0.747. The number of benzene rings is 2. The Labute approximate surface area is 189 Å². The Kier molecular flexibility index (Phi) is 7.26. The van der Waals surface area contributed by atoms with E-state index in [2.05, 4.69) is 5.32 Å². The van der Waals surface area contributed by atoms with Gasteiger partial charge in [-0.1, -0.05) is 0 Å². The standard InChI is InChI=1S/C22H22N2O7S/c1-28-15-8-6-14(7-9-15)23-18(25)12-24-21(26)17(32-22(24)27)11-13-5-10-16(29-2)20(31-4)19(13)30-3/h5-11H,12H2,1-4H3,(H,23,25)/b17-11+. The Morgan fingerprint density at radius 2 is 1.62 bits per heavy atom. The van der Waals surface area contributed by atoms with Gasteiger partial charge in [0.05, 0.1) is 33.3 Å². The van der Waals surface area contributed by atoms with E-state index in [9.17, 15) is 14.4 Å². The maximum absolute atomic E-state index is 12.8. The molecular formula is C22H22N2O7S. The minimum Gasteiger partial charge on any atom is -0.497 e. The highest BCUT2D eigenvalue weighted by molar-refractivity contribution is 8.18. The van der Waals surface area contributed by atoms with Crippen LogP contribution in [0.4, 0.5) is 10.5 Å². The van der Waals surface area contributed by atoms with Gasteiger partial charge in [-0.2, -0.15) is 0 Å². The number of anilines is 1. The zero-order valence-corrected chi connectivity index (χ0v) is 18.8. The van der Waals surface area contributed by atoms with E-state index in [4.69, 9.17) is 18.9 Å². The van der Waals surface area contributed by atoms with Crippen LogP contribution in [0.3, 0.4) is 0 Å². The van der Waals surface area contributed by atoms with Crippen molar-refractivity contribution in [2.24, 2.45) is 0 Å². The van der Waals surface area contributed by atoms with E-state index >= 15 is 0 Å². The SMILES string of the molecule is COc1ccc(NC(=O)CN2C(=O)S/C(=C/c3ccc(OC)c(OC)c3OC)C2=O)cc1. The fourth-order valence-corrected chi connectivity index (χ4v) is 3.86. The number of ether oxygens (including phenoxy) is 4. The van der Waals surface area contributed by atoms with Crippen LogP contribution in [0, 0.1) is 0 Å². The molecule has 0 aliphatic carbocycles. The van der Waals surface area contributed by atoms with Gasteiger partial charge in [0.15, 0.2) is 11.5 Å². The summed E-state index contributed by atoms with van der Waals surface area (Å²) in [4.78, 5) is 38.6. The molecule has 2 aromatic rings. The fraction of sp³-hybridized carbons (Fsp3) is 0.227. The van der Waals surface area contributed by atoms with Crippen molar-refractivity contribution >= 4 is 40.6 Å². The predicted molar refractivity (Wildman–Crippen MR) is 120 cm³/mol. The fourth-order valence-electron chi connectivity index (χ4n) is 3.03. The van der Waals surface area contributed by atoms with Crippen molar-refractivity contribution in [3.8, 4) is 23.0 Å². The first-order valence-electron chi connectivity index (χ1n) is 9.40. The molecule has 0 aromatic heterocycles. The molecular weight excluding hydrogens is 436 g/mol. The number of amides is 3. The van der Waals surface area contributed by atoms with Gasteiger partial charge in [0.2, 0.25) is 11.7 Å². The van der Waals surface area contributed by atoms with Crippen molar-refractivity contribution in [3.63, 3.8) is 0 Å². The van der Waals surface area contributed by atoms with Gasteiger partial charge < -0.3 is 24.3 Å². The van der Waals surface area contributed by atoms with Crippen LogP contribution in [-0.2, 0) is 9.59 Å². The molecule has 0 spiro atoms. The van der Waals surface area contributed by atoms with E-state index in [-0.39, 0.29) is 4.91 Å². The first kappa shape index (κ1) is 23.0. The summed E-state index contributed by atoms with van der Waals surface area (Å²) in [5.41, 5.74) is 1.05. The van der Waals surface area contributed by atoms with Crippen LogP contribution in [0.15, 0.2) is 41.3 Å². The summed E-state index contributed by atoms with van der Waals surface area (Å²) in [5, 5.41) is 2.12. The molecule has 0 bridgehead atoms. The lowest BCUT2D eigenvalue weighted by molar-refractivity contribution is -0.127. The average molecular weight is 458 g/mol. The molecule has 0 saturated carbocycles. The molecule has 0 radical (unpaired) electrons. The molecule has 0 unspecified atom stereocenters. The van der Waals surface area contributed by atoms with Gasteiger partial charge in [-0.25, -0.2) is 0 Å². The molecule has 9 nitrogen and oxygen atoms in total. The maximum atomic E-state index is 12.8. The molecule has 1 saturated heterocycles. The van der Waals surface area contributed by atoms with E-state index in [1.165, 1.54) is 27.4 Å². The van der Waals surface area contributed by atoms with E-state index < -0.39 is 23.6 Å². The first-order valence-corrected chi connectivity index (χ1v) is 10.2. The van der Waals surface area contributed by atoms with Gasteiger partial charge >= 0.3 is 0 Å². The molecule has 3 rings (SSSR count).